The summed E-state index contributed by atoms with van der Waals surface area (Å²) in [7, 11) is 0. The average Bonchev–Trinajstić information content (AvgIpc) is 3.25. The highest BCUT2D eigenvalue weighted by Gasteiger charge is 2.28. The number of benzene rings is 1. The average molecular weight is 368 g/mol. The van der Waals surface area contributed by atoms with Gasteiger partial charge in [-0.3, -0.25) is 0 Å². The van der Waals surface area contributed by atoms with Gasteiger partial charge in [0.25, 0.3) is 0 Å². The molecule has 1 atom stereocenters. The number of hydrogen-bond donors (Lipinski definition) is 1. The van der Waals surface area contributed by atoms with Crippen molar-refractivity contribution in [3.63, 3.8) is 0 Å². The van der Waals surface area contributed by atoms with E-state index in [1.54, 1.807) is 0 Å². The number of rotatable bonds is 4. The van der Waals surface area contributed by atoms with E-state index < -0.39 is 0 Å². The zero-order chi connectivity index (χ0) is 18.8. The molecule has 4 rings (SSSR count). The molecule has 3 heterocycles. The Morgan fingerprint density at radius 2 is 2.15 bits per heavy atom. The van der Waals surface area contributed by atoms with Crippen LogP contribution >= 0.6 is 0 Å². The summed E-state index contributed by atoms with van der Waals surface area (Å²) in [5.41, 5.74) is 2.07. The minimum Gasteiger partial charge on any atom is -0.339 e. The van der Waals surface area contributed by atoms with Crippen molar-refractivity contribution in [2.75, 3.05) is 19.6 Å². The summed E-state index contributed by atoms with van der Waals surface area (Å²) >= 11 is 0. The van der Waals surface area contributed by atoms with Crippen LogP contribution in [0.3, 0.4) is 0 Å². The van der Waals surface area contributed by atoms with E-state index in [2.05, 4.69) is 31.1 Å². The summed E-state index contributed by atoms with van der Waals surface area (Å²) in [6.45, 7) is 6.41. The summed E-state index contributed by atoms with van der Waals surface area (Å²) in [4.78, 5) is 23.3. The normalized spacial score (nSPS) is 17.4. The lowest BCUT2D eigenvalue weighted by Gasteiger charge is -2.31. The van der Waals surface area contributed by atoms with Crippen molar-refractivity contribution in [2.45, 2.75) is 39.2 Å². The smallest absolute Gasteiger partial charge is 0.317 e. The van der Waals surface area contributed by atoms with Crippen LogP contribution in [0.15, 0.2) is 28.8 Å². The van der Waals surface area contributed by atoms with Crippen LogP contribution in [0, 0.1) is 13.8 Å². The first-order valence-corrected chi connectivity index (χ1v) is 9.36. The van der Waals surface area contributed by atoms with E-state index in [0.29, 0.717) is 31.3 Å². The van der Waals surface area contributed by atoms with E-state index in [4.69, 9.17) is 4.52 Å². The number of hydrogen-bond acceptors (Lipinski definition) is 5. The molecule has 27 heavy (non-hydrogen) atoms. The molecule has 3 aromatic rings. The van der Waals surface area contributed by atoms with Crippen LogP contribution in [0.4, 0.5) is 4.79 Å². The largest absolute Gasteiger partial charge is 0.339 e. The minimum absolute atomic E-state index is 0.0435. The van der Waals surface area contributed by atoms with Crippen molar-refractivity contribution in [1.29, 1.82) is 0 Å². The number of nitrogens with one attached hydrogen (secondary N) is 1. The van der Waals surface area contributed by atoms with Gasteiger partial charge in [-0.15, -0.1) is 0 Å². The molecule has 2 aromatic heterocycles. The van der Waals surface area contributed by atoms with E-state index in [1.807, 2.05) is 36.9 Å². The topological polar surface area (TPSA) is 89.1 Å². The monoisotopic (exact) mass is 368 g/mol. The van der Waals surface area contributed by atoms with Crippen LogP contribution in [0.5, 0.6) is 0 Å². The molecule has 2 amide bonds. The Labute approximate surface area is 157 Å². The third-order valence-corrected chi connectivity index (χ3v) is 5.06. The van der Waals surface area contributed by atoms with Gasteiger partial charge in [0.2, 0.25) is 5.89 Å². The molecule has 0 spiro atoms. The maximum Gasteiger partial charge on any atom is 0.317 e. The molecule has 0 bridgehead atoms. The second-order valence-electron chi connectivity index (χ2n) is 7.00. The zero-order valence-corrected chi connectivity index (χ0v) is 15.7. The molecule has 8 nitrogen and oxygen atoms in total. The van der Waals surface area contributed by atoms with Crippen molar-refractivity contribution in [2.24, 2.45) is 0 Å². The first-order valence-electron chi connectivity index (χ1n) is 9.36. The lowest BCUT2D eigenvalue weighted by Crippen LogP contribution is -2.45. The van der Waals surface area contributed by atoms with Crippen LogP contribution in [0.25, 0.3) is 11.0 Å². The van der Waals surface area contributed by atoms with Crippen molar-refractivity contribution in [3.8, 4) is 0 Å². The molecular weight excluding hydrogens is 344 g/mol. The quantitative estimate of drug-likeness (QED) is 0.765. The Kier molecular flexibility index (Phi) is 4.79. The Bertz CT molecular complexity index is 947. The summed E-state index contributed by atoms with van der Waals surface area (Å²) in [6, 6.07) is 8.01. The number of imidazole rings is 1. The van der Waals surface area contributed by atoms with Crippen molar-refractivity contribution in [3.05, 3.63) is 41.8 Å². The fourth-order valence-corrected chi connectivity index (χ4v) is 3.71. The highest BCUT2D eigenvalue weighted by molar-refractivity contribution is 5.76. The second-order valence-corrected chi connectivity index (χ2v) is 7.00. The zero-order valence-electron chi connectivity index (χ0n) is 15.7. The predicted molar refractivity (Wildman–Crippen MR) is 100 cm³/mol. The van der Waals surface area contributed by atoms with Gasteiger partial charge in [-0.05, 0) is 38.8 Å². The molecule has 0 aliphatic carbocycles. The Morgan fingerprint density at radius 1 is 1.30 bits per heavy atom. The molecule has 1 fully saturated rings. The Morgan fingerprint density at radius 3 is 2.96 bits per heavy atom. The van der Waals surface area contributed by atoms with Gasteiger partial charge < -0.3 is 19.3 Å². The minimum atomic E-state index is -0.0435. The maximum atomic E-state index is 12.6. The predicted octanol–water partition coefficient (Wildman–Crippen LogP) is 2.63. The molecule has 142 valence electrons. The van der Waals surface area contributed by atoms with E-state index in [-0.39, 0.29) is 11.9 Å². The van der Waals surface area contributed by atoms with Crippen LogP contribution in [0.2, 0.25) is 0 Å². The number of urea groups is 1. The standard InChI is InChI=1S/C19H24N6O2/c1-13-21-18(27-23-13)15-6-5-10-24(12-15)19(26)20-9-11-25-14(2)22-16-7-3-4-8-17(16)25/h3-4,7-8,15H,5-6,9-12H2,1-2H3,(H,20,26). The highest BCUT2D eigenvalue weighted by Crippen LogP contribution is 2.25. The lowest BCUT2D eigenvalue weighted by molar-refractivity contribution is 0.171. The van der Waals surface area contributed by atoms with Gasteiger partial charge in [0, 0.05) is 26.2 Å². The van der Waals surface area contributed by atoms with Crippen LogP contribution in [-0.4, -0.2) is 50.3 Å². The molecule has 0 radical (unpaired) electrons. The van der Waals surface area contributed by atoms with Crippen molar-refractivity contribution < 1.29 is 9.32 Å². The molecule has 1 N–H and O–H groups in total. The Hall–Kier alpha value is -2.90. The third-order valence-electron chi connectivity index (χ3n) is 5.06. The number of nitrogens with zero attached hydrogens (tertiary/aromatic N) is 5. The first kappa shape index (κ1) is 17.5. The number of likely N-dealkylation sites (tertiary alicyclic amines) is 1. The summed E-state index contributed by atoms with van der Waals surface area (Å²) < 4.78 is 7.42. The number of aryl methyl sites for hydroxylation is 2. The number of fused-ring (bicyclic) bond motifs is 1. The third kappa shape index (κ3) is 3.65. The first-order chi connectivity index (χ1) is 13.1. The van der Waals surface area contributed by atoms with E-state index >= 15 is 0 Å². The highest BCUT2D eigenvalue weighted by atomic mass is 16.5. The summed E-state index contributed by atoms with van der Waals surface area (Å²) in [5, 5.41) is 6.89. The molecular formula is C19H24N6O2. The van der Waals surface area contributed by atoms with Gasteiger partial charge in [-0.25, -0.2) is 9.78 Å². The van der Waals surface area contributed by atoms with E-state index in [9.17, 15) is 4.79 Å². The van der Waals surface area contributed by atoms with Crippen molar-refractivity contribution >= 4 is 17.1 Å². The van der Waals surface area contributed by atoms with Crippen LogP contribution in [-0.2, 0) is 6.54 Å². The molecule has 0 saturated carbocycles. The number of para-hydroxylation sites is 2. The number of carbonyl (C=O) groups is 1. The molecule has 1 aliphatic rings. The van der Waals surface area contributed by atoms with E-state index in [0.717, 1.165) is 36.2 Å². The molecule has 1 unspecified atom stereocenters. The molecule has 8 heteroatoms. The molecule has 1 saturated heterocycles. The van der Waals surface area contributed by atoms with Gasteiger partial charge in [0.1, 0.15) is 5.82 Å². The fraction of sp³-hybridized carbons (Fsp3) is 0.474. The number of carbonyl (C=O) groups excluding carboxylic acids is 1. The summed E-state index contributed by atoms with van der Waals surface area (Å²) in [5.74, 6) is 2.33. The fourth-order valence-electron chi connectivity index (χ4n) is 3.71. The van der Waals surface area contributed by atoms with Gasteiger partial charge in [-0.1, -0.05) is 17.3 Å². The van der Waals surface area contributed by atoms with Gasteiger partial charge >= 0.3 is 6.03 Å². The lowest BCUT2D eigenvalue weighted by atomic mass is 9.98. The second kappa shape index (κ2) is 7.38. The van der Waals surface area contributed by atoms with Gasteiger partial charge in [-0.2, -0.15) is 4.98 Å². The van der Waals surface area contributed by atoms with Gasteiger partial charge in [0.05, 0.1) is 17.0 Å². The Balaban J connectivity index is 1.34. The van der Waals surface area contributed by atoms with E-state index in [1.165, 1.54) is 0 Å². The number of piperidine rings is 1. The maximum absolute atomic E-state index is 12.6. The van der Waals surface area contributed by atoms with Crippen LogP contribution in [0.1, 0.15) is 36.3 Å². The summed E-state index contributed by atoms with van der Waals surface area (Å²) in [6.07, 6.45) is 1.90. The molecule has 1 aliphatic heterocycles. The number of amides is 2. The molecule has 1 aromatic carbocycles. The SMILES string of the molecule is Cc1noc(C2CCCN(C(=O)NCCn3c(C)nc4ccccc43)C2)n1. The van der Waals surface area contributed by atoms with Gasteiger partial charge in [0.15, 0.2) is 5.82 Å². The van der Waals surface area contributed by atoms with Crippen LogP contribution < -0.4 is 5.32 Å². The number of aromatic nitrogens is 4. The van der Waals surface area contributed by atoms with Crippen molar-refractivity contribution in [1.82, 2.24) is 29.9 Å².